The third-order valence-electron chi connectivity index (χ3n) is 7.51. The lowest BCUT2D eigenvalue weighted by Crippen LogP contribution is -2.25. The molecule has 1 aromatic rings. The number of carbonyl (C=O) groups is 1. The average molecular weight is 399 g/mol. The van der Waals surface area contributed by atoms with E-state index in [1.54, 1.807) is 0 Å². The molecule has 162 valence electrons. The van der Waals surface area contributed by atoms with Gasteiger partial charge in [0.1, 0.15) is 5.75 Å². The van der Waals surface area contributed by atoms with Crippen molar-refractivity contribution in [3.8, 4) is 5.75 Å². The summed E-state index contributed by atoms with van der Waals surface area (Å²) in [6.07, 6.45) is 17.8. The molecule has 0 N–H and O–H groups in total. The fourth-order valence-corrected chi connectivity index (χ4v) is 5.57. The van der Waals surface area contributed by atoms with Crippen molar-refractivity contribution in [1.82, 2.24) is 0 Å². The number of hydrogen-bond donors (Lipinski definition) is 0. The molecule has 0 atom stereocenters. The first-order chi connectivity index (χ1) is 14.2. The smallest absolute Gasteiger partial charge is 0.314 e. The van der Waals surface area contributed by atoms with Crippen LogP contribution in [-0.4, -0.2) is 5.97 Å². The summed E-state index contributed by atoms with van der Waals surface area (Å²) in [6, 6.07) is 8.42. The SMILES string of the molecule is CCCCC[C@H]1CC[C@H](C(=O)Oc2ccc([C@H]3CC[C@H](CCC)CC3)cc2)CC1. The van der Waals surface area contributed by atoms with Crippen LogP contribution in [0.5, 0.6) is 5.75 Å². The maximum atomic E-state index is 12.6. The molecule has 0 heterocycles. The molecule has 2 saturated carbocycles. The van der Waals surface area contributed by atoms with Gasteiger partial charge >= 0.3 is 5.97 Å². The number of unbranched alkanes of at least 4 members (excludes halogenated alkanes) is 2. The second-order valence-corrected chi connectivity index (χ2v) is 9.71. The Kier molecular flexibility index (Phi) is 9.08. The fraction of sp³-hybridized carbons (Fsp3) is 0.741. The van der Waals surface area contributed by atoms with Gasteiger partial charge in [0.15, 0.2) is 0 Å². The molecule has 0 aliphatic heterocycles. The highest BCUT2D eigenvalue weighted by molar-refractivity contribution is 5.75. The molecule has 0 radical (unpaired) electrons. The molecule has 0 amide bonds. The molecule has 0 spiro atoms. The van der Waals surface area contributed by atoms with Crippen LogP contribution in [-0.2, 0) is 4.79 Å². The summed E-state index contributed by atoms with van der Waals surface area (Å²) in [4.78, 5) is 12.6. The summed E-state index contributed by atoms with van der Waals surface area (Å²) in [5, 5.41) is 0. The Bertz CT molecular complexity index is 589. The summed E-state index contributed by atoms with van der Waals surface area (Å²) in [6.45, 7) is 4.56. The van der Waals surface area contributed by atoms with E-state index in [4.69, 9.17) is 4.74 Å². The van der Waals surface area contributed by atoms with Crippen LogP contribution in [0, 0.1) is 17.8 Å². The molecule has 2 heteroatoms. The van der Waals surface area contributed by atoms with E-state index in [0.29, 0.717) is 5.92 Å². The highest BCUT2D eigenvalue weighted by Crippen LogP contribution is 2.38. The second-order valence-electron chi connectivity index (χ2n) is 9.71. The van der Waals surface area contributed by atoms with Crippen LogP contribution in [0.3, 0.4) is 0 Å². The van der Waals surface area contributed by atoms with E-state index in [1.807, 2.05) is 12.1 Å². The van der Waals surface area contributed by atoms with Crippen molar-refractivity contribution in [3.63, 3.8) is 0 Å². The molecule has 2 aliphatic carbocycles. The van der Waals surface area contributed by atoms with E-state index in [9.17, 15) is 4.79 Å². The maximum Gasteiger partial charge on any atom is 0.314 e. The van der Waals surface area contributed by atoms with Crippen LogP contribution >= 0.6 is 0 Å². The Morgan fingerprint density at radius 2 is 1.41 bits per heavy atom. The minimum absolute atomic E-state index is 0.00941. The predicted molar refractivity (Wildman–Crippen MR) is 121 cm³/mol. The molecule has 0 bridgehead atoms. The summed E-state index contributed by atoms with van der Waals surface area (Å²) in [5.41, 5.74) is 1.42. The molecular weight excluding hydrogens is 356 g/mol. The van der Waals surface area contributed by atoms with Crippen molar-refractivity contribution in [3.05, 3.63) is 29.8 Å². The van der Waals surface area contributed by atoms with Crippen molar-refractivity contribution in [2.45, 2.75) is 110 Å². The summed E-state index contributed by atoms with van der Waals surface area (Å²) in [7, 11) is 0. The van der Waals surface area contributed by atoms with Gasteiger partial charge in [-0.15, -0.1) is 0 Å². The topological polar surface area (TPSA) is 26.3 Å². The zero-order valence-corrected chi connectivity index (χ0v) is 18.8. The average Bonchev–Trinajstić information content (AvgIpc) is 2.76. The van der Waals surface area contributed by atoms with Crippen LogP contribution in [0.2, 0.25) is 0 Å². The second kappa shape index (κ2) is 11.8. The lowest BCUT2D eigenvalue weighted by atomic mass is 9.77. The lowest BCUT2D eigenvalue weighted by molar-refractivity contribution is -0.140. The molecular formula is C27H42O2. The minimum Gasteiger partial charge on any atom is -0.426 e. The van der Waals surface area contributed by atoms with Gasteiger partial charge in [0.05, 0.1) is 5.92 Å². The summed E-state index contributed by atoms with van der Waals surface area (Å²) in [5.74, 6) is 3.28. The molecule has 0 aromatic heterocycles. The zero-order valence-electron chi connectivity index (χ0n) is 18.8. The fourth-order valence-electron chi connectivity index (χ4n) is 5.57. The van der Waals surface area contributed by atoms with Gasteiger partial charge in [-0.05, 0) is 86.8 Å². The Balaban J connectivity index is 1.41. The van der Waals surface area contributed by atoms with Crippen molar-refractivity contribution < 1.29 is 9.53 Å². The molecule has 1 aromatic carbocycles. The number of carbonyl (C=O) groups excluding carboxylic acids is 1. The minimum atomic E-state index is -0.00941. The number of ether oxygens (including phenoxy) is 1. The van der Waals surface area contributed by atoms with Gasteiger partial charge < -0.3 is 4.74 Å². The lowest BCUT2D eigenvalue weighted by Gasteiger charge is -2.29. The van der Waals surface area contributed by atoms with Gasteiger partial charge in [0, 0.05) is 0 Å². The molecule has 2 fully saturated rings. The Labute approximate surface area is 178 Å². The first-order valence-corrected chi connectivity index (χ1v) is 12.5. The van der Waals surface area contributed by atoms with E-state index in [2.05, 4.69) is 26.0 Å². The number of hydrogen-bond acceptors (Lipinski definition) is 2. The van der Waals surface area contributed by atoms with Crippen molar-refractivity contribution in [2.24, 2.45) is 17.8 Å². The maximum absolute atomic E-state index is 12.6. The van der Waals surface area contributed by atoms with Crippen molar-refractivity contribution >= 4 is 5.97 Å². The van der Waals surface area contributed by atoms with E-state index in [-0.39, 0.29) is 11.9 Å². The van der Waals surface area contributed by atoms with Crippen molar-refractivity contribution in [1.29, 1.82) is 0 Å². The van der Waals surface area contributed by atoms with Gasteiger partial charge in [-0.2, -0.15) is 0 Å². The Hall–Kier alpha value is -1.31. The molecule has 0 unspecified atom stereocenters. The van der Waals surface area contributed by atoms with Gasteiger partial charge in [-0.3, -0.25) is 4.79 Å². The number of esters is 1. The molecule has 2 nitrogen and oxygen atoms in total. The van der Waals surface area contributed by atoms with Crippen LogP contribution in [0.4, 0.5) is 0 Å². The van der Waals surface area contributed by atoms with Crippen molar-refractivity contribution in [2.75, 3.05) is 0 Å². The van der Waals surface area contributed by atoms with Crippen LogP contribution in [0.25, 0.3) is 0 Å². The van der Waals surface area contributed by atoms with Crippen LogP contribution < -0.4 is 4.74 Å². The number of rotatable bonds is 9. The predicted octanol–water partition coefficient (Wildman–Crippen LogP) is 8.05. The van der Waals surface area contributed by atoms with Gasteiger partial charge in [0.25, 0.3) is 0 Å². The van der Waals surface area contributed by atoms with E-state index < -0.39 is 0 Å². The third kappa shape index (κ3) is 6.86. The normalized spacial score (nSPS) is 27.5. The molecule has 2 aliphatic rings. The molecule has 0 saturated heterocycles. The van der Waals surface area contributed by atoms with Crippen LogP contribution in [0.15, 0.2) is 24.3 Å². The Morgan fingerprint density at radius 3 is 2.03 bits per heavy atom. The number of benzene rings is 1. The van der Waals surface area contributed by atoms with E-state index in [0.717, 1.165) is 30.4 Å². The Morgan fingerprint density at radius 1 is 0.793 bits per heavy atom. The van der Waals surface area contributed by atoms with Gasteiger partial charge in [0.2, 0.25) is 0 Å². The quantitative estimate of drug-likeness (QED) is 0.239. The monoisotopic (exact) mass is 398 g/mol. The van der Waals surface area contributed by atoms with Crippen LogP contribution in [0.1, 0.15) is 115 Å². The molecule has 29 heavy (non-hydrogen) atoms. The van der Waals surface area contributed by atoms with Gasteiger partial charge in [-0.25, -0.2) is 0 Å². The zero-order chi connectivity index (χ0) is 20.5. The summed E-state index contributed by atoms with van der Waals surface area (Å²) < 4.78 is 5.74. The van der Waals surface area contributed by atoms with E-state index in [1.165, 1.54) is 82.6 Å². The first kappa shape index (κ1) is 22.4. The third-order valence-corrected chi connectivity index (χ3v) is 7.51. The summed E-state index contributed by atoms with van der Waals surface area (Å²) >= 11 is 0. The van der Waals surface area contributed by atoms with Gasteiger partial charge in [-0.1, -0.05) is 64.5 Å². The highest BCUT2D eigenvalue weighted by atomic mass is 16.5. The van der Waals surface area contributed by atoms with E-state index >= 15 is 0 Å². The first-order valence-electron chi connectivity index (χ1n) is 12.5. The molecule has 3 rings (SSSR count). The standard InChI is InChI=1S/C27H42O2/c1-3-5-6-8-22-11-15-25(16-12-22)27(28)29-26-19-17-24(18-20-26)23-13-9-21(7-4-2)10-14-23/h17-23,25H,3-16H2,1-2H3/t21-,22-,23-,25-. The largest absolute Gasteiger partial charge is 0.426 e. The highest BCUT2D eigenvalue weighted by Gasteiger charge is 2.27.